The van der Waals surface area contributed by atoms with E-state index in [2.05, 4.69) is 0 Å². The smallest absolute Gasteiger partial charge is 0.337 e. The fourth-order valence-corrected chi connectivity index (χ4v) is 9.05. The van der Waals surface area contributed by atoms with Crippen molar-refractivity contribution >= 4 is 5.97 Å². The second kappa shape index (κ2) is 27.8. The predicted molar refractivity (Wildman–Crippen MR) is 279 cm³/mol. The normalized spacial score (nSPS) is 23.5. The van der Waals surface area contributed by atoms with Crippen LogP contribution in [0, 0.1) is 0 Å². The van der Waals surface area contributed by atoms with Crippen molar-refractivity contribution in [3.05, 3.63) is 245 Å². The molecule has 13 heteroatoms. The molecule has 0 radical (unpaired) electrons. The van der Waals surface area contributed by atoms with Gasteiger partial charge in [0, 0.05) is 0 Å². The van der Waals surface area contributed by atoms with Gasteiger partial charge >= 0.3 is 5.97 Å². The maximum atomic E-state index is 12.8. The summed E-state index contributed by atoms with van der Waals surface area (Å²) in [4.78, 5) is 12.5. The second-order valence-electron chi connectivity index (χ2n) is 18.4. The van der Waals surface area contributed by atoms with Crippen LogP contribution >= 0.6 is 0 Å². The Hall–Kier alpha value is -6.59. The molecule has 2 aliphatic heterocycles. The molecule has 0 amide bonds. The van der Waals surface area contributed by atoms with Crippen LogP contribution in [0.3, 0.4) is 0 Å². The van der Waals surface area contributed by atoms with E-state index in [1.54, 1.807) is 24.3 Å². The first-order valence-corrected chi connectivity index (χ1v) is 25.3. The summed E-state index contributed by atoms with van der Waals surface area (Å²) in [5.41, 5.74) is 5.93. The number of carbonyl (C=O) groups excluding carboxylic acids is 1. The lowest BCUT2D eigenvalue weighted by Gasteiger charge is -2.49. The van der Waals surface area contributed by atoms with Crippen molar-refractivity contribution < 1.29 is 62.0 Å². The summed E-state index contributed by atoms with van der Waals surface area (Å²) < 4.78 is 73.1. The minimum absolute atomic E-state index is 0.0529. The first-order valence-electron chi connectivity index (χ1n) is 25.3. The van der Waals surface area contributed by atoms with E-state index in [1.165, 1.54) is 7.11 Å². The van der Waals surface area contributed by atoms with E-state index in [0.717, 1.165) is 33.4 Å². The number of benzene rings is 7. The monoisotopic (exact) mass is 1020 g/mol. The quantitative estimate of drug-likeness (QED) is 0.0544. The van der Waals surface area contributed by atoms with Crippen LogP contribution in [0.4, 0.5) is 0 Å². The number of ether oxygens (including phenoxy) is 11. The summed E-state index contributed by atoms with van der Waals surface area (Å²) in [6, 6.07) is 65.4. The van der Waals surface area contributed by atoms with Gasteiger partial charge in [-0.15, -0.1) is 0 Å². The van der Waals surface area contributed by atoms with E-state index in [0.29, 0.717) is 24.5 Å². The zero-order valence-electron chi connectivity index (χ0n) is 41.9. The lowest BCUT2D eigenvalue weighted by Crippen LogP contribution is -2.66. The van der Waals surface area contributed by atoms with E-state index in [-0.39, 0.29) is 39.6 Å². The van der Waals surface area contributed by atoms with E-state index in [1.807, 2.05) is 182 Å². The number of aliphatic hydroxyl groups excluding tert-OH is 1. The molecular weight excluding hydrogens is 953 g/mol. The van der Waals surface area contributed by atoms with Gasteiger partial charge in [-0.25, -0.2) is 4.79 Å². The molecule has 10 atom stereocenters. The molecule has 9 rings (SSSR count). The average molecular weight is 1020 g/mol. The maximum absolute atomic E-state index is 12.8. The first kappa shape index (κ1) is 53.2. The largest absolute Gasteiger partial charge is 0.465 e. The molecule has 7 aromatic rings. The van der Waals surface area contributed by atoms with Gasteiger partial charge in [-0.05, 0) is 57.6 Å². The van der Waals surface area contributed by atoms with Gasteiger partial charge in [0.1, 0.15) is 48.5 Å². The molecule has 13 nitrogen and oxygen atoms in total. The number of rotatable bonds is 25. The highest BCUT2D eigenvalue weighted by atomic mass is 16.8. The highest BCUT2D eigenvalue weighted by molar-refractivity contribution is 5.89. The minimum Gasteiger partial charge on any atom is -0.465 e. The van der Waals surface area contributed by atoms with Crippen molar-refractivity contribution in [2.75, 3.05) is 20.3 Å². The Bertz CT molecular complexity index is 2700. The van der Waals surface area contributed by atoms with Crippen LogP contribution < -0.4 is 4.74 Å². The van der Waals surface area contributed by atoms with Gasteiger partial charge in [0.05, 0.1) is 65.5 Å². The summed E-state index contributed by atoms with van der Waals surface area (Å²) in [7, 11) is 1.33. The molecule has 0 saturated carbocycles. The summed E-state index contributed by atoms with van der Waals surface area (Å²) in [5, 5.41) is 12.8. The zero-order valence-corrected chi connectivity index (χ0v) is 41.9. The molecule has 2 aliphatic rings. The fraction of sp³-hybridized carbons (Fsp3) is 0.306. The molecule has 390 valence electrons. The Morgan fingerprint density at radius 3 is 1.16 bits per heavy atom. The number of aliphatic hydroxyl groups is 1. The maximum Gasteiger partial charge on any atom is 0.337 e. The van der Waals surface area contributed by atoms with Crippen molar-refractivity contribution in [2.45, 2.75) is 101 Å². The van der Waals surface area contributed by atoms with Crippen molar-refractivity contribution in [2.24, 2.45) is 0 Å². The average Bonchev–Trinajstić information content (AvgIpc) is 3.46. The molecule has 2 fully saturated rings. The molecule has 7 aromatic carbocycles. The summed E-state index contributed by atoms with van der Waals surface area (Å²) in [6.45, 7) is 1.43. The third-order valence-electron chi connectivity index (χ3n) is 13.0. The van der Waals surface area contributed by atoms with Crippen LogP contribution in [-0.4, -0.2) is 92.8 Å². The number of esters is 1. The number of hydrogen-bond acceptors (Lipinski definition) is 13. The third kappa shape index (κ3) is 15.3. The predicted octanol–water partition coefficient (Wildman–Crippen LogP) is 9.82. The Morgan fingerprint density at radius 1 is 0.413 bits per heavy atom. The van der Waals surface area contributed by atoms with E-state index in [4.69, 9.17) is 52.1 Å². The Kier molecular flexibility index (Phi) is 19.7. The molecule has 0 bridgehead atoms. The van der Waals surface area contributed by atoms with Gasteiger partial charge in [-0.1, -0.05) is 182 Å². The highest BCUT2D eigenvalue weighted by Crippen LogP contribution is 2.36. The van der Waals surface area contributed by atoms with Gasteiger partial charge in [0.2, 0.25) is 6.29 Å². The van der Waals surface area contributed by atoms with Gasteiger partial charge in [0.15, 0.2) is 12.4 Å². The lowest BCUT2D eigenvalue weighted by atomic mass is 9.96. The molecule has 2 saturated heterocycles. The minimum atomic E-state index is -1.44. The molecule has 75 heavy (non-hydrogen) atoms. The highest BCUT2D eigenvalue weighted by Gasteiger charge is 2.54. The molecular formula is C62H64O13. The topological polar surface area (TPSA) is 139 Å². The number of hydrogen-bond donors (Lipinski definition) is 1. The van der Waals surface area contributed by atoms with Crippen LogP contribution in [0.25, 0.3) is 0 Å². The first-order chi connectivity index (χ1) is 37.0. The van der Waals surface area contributed by atoms with E-state index in [9.17, 15) is 9.90 Å². The lowest BCUT2D eigenvalue weighted by molar-refractivity contribution is -0.371. The van der Waals surface area contributed by atoms with Crippen molar-refractivity contribution in [3.63, 3.8) is 0 Å². The second-order valence-corrected chi connectivity index (χ2v) is 18.4. The van der Waals surface area contributed by atoms with Crippen LogP contribution in [0.5, 0.6) is 5.75 Å². The van der Waals surface area contributed by atoms with Gasteiger partial charge < -0.3 is 57.2 Å². The summed E-state index contributed by atoms with van der Waals surface area (Å²) in [6.07, 6.45) is -10.5. The number of carbonyl (C=O) groups is 1. The SMILES string of the molecule is COC(=O)c1ccc(O[C@H]2O[C@H](COCc3ccccc3)[C@@H](OCc3ccccc3)[C@H](OCc3ccccc3)[C@@H]2O[C@H]2O[C@H](COCc3ccccc3)[C@@H](OCc3ccccc3)[C@H](OCc3ccccc3)[C@@H]2O)cc1. The fourth-order valence-electron chi connectivity index (χ4n) is 9.05. The van der Waals surface area contributed by atoms with Crippen LogP contribution in [-0.2, 0) is 87.0 Å². The van der Waals surface area contributed by atoms with Crippen LogP contribution in [0.1, 0.15) is 43.7 Å². The molecule has 0 unspecified atom stereocenters. The van der Waals surface area contributed by atoms with Crippen molar-refractivity contribution in [3.8, 4) is 5.75 Å². The van der Waals surface area contributed by atoms with Crippen molar-refractivity contribution in [1.29, 1.82) is 0 Å². The molecule has 1 N–H and O–H groups in total. The Balaban J connectivity index is 1.09. The third-order valence-corrected chi connectivity index (χ3v) is 13.0. The zero-order chi connectivity index (χ0) is 51.4. The van der Waals surface area contributed by atoms with Gasteiger partial charge in [-0.2, -0.15) is 0 Å². The Labute approximate surface area is 438 Å². The van der Waals surface area contributed by atoms with Crippen molar-refractivity contribution in [1.82, 2.24) is 0 Å². The molecule has 0 aromatic heterocycles. The van der Waals surface area contributed by atoms with Gasteiger partial charge in [0.25, 0.3) is 0 Å². The Morgan fingerprint density at radius 2 is 0.760 bits per heavy atom. The summed E-state index contributed by atoms with van der Waals surface area (Å²) >= 11 is 0. The molecule has 0 aliphatic carbocycles. The van der Waals surface area contributed by atoms with Crippen LogP contribution in [0.15, 0.2) is 206 Å². The standard InChI is InChI=1S/C62H64O13/c1-65-60(64)50-32-34-51(35-33-50)72-62-59(58(71-41-49-30-18-7-19-31-49)56(69-39-47-26-14-5-15-27-47)53(74-62)43-67-37-45-22-10-3-11-23-45)75-61-54(63)57(70-40-48-28-16-6-17-29-48)55(68-38-46-24-12-4-13-25-46)52(73-61)42-66-36-44-20-8-2-9-21-44/h2-35,52-59,61-63H,36-43H2,1H3/t52-,53-,54+,55-,56-,57-,58+,59+,61-,62+/m1/s1. The number of methoxy groups -OCH3 is 1. The van der Waals surface area contributed by atoms with E-state index < -0.39 is 67.4 Å². The molecule has 2 heterocycles. The molecule has 0 spiro atoms. The van der Waals surface area contributed by atoms with Gasteiger partial charge in [-0.3, -0.25) is 0 Å². The van der Waals surface area contributed by atoms with E-state index >= 15 is 0 Å². The van der Waals surface area contributed by atoms with Crippen LogP contribution in [0.2, 0.25) is 0 Å². The summed E-state index contributed by atoms with van der Waals surface area (Å²) in [5.74, 6) is -0.146.